The molecule has 2 aromatic rings. The molecule has 29 heavy (non-hydrogen) atoms. The summed E-state index contributed by atoms with van der Waals surface area (Å²) in [5.74, 6) is 1.34. The quantitative estimate of drug-likeness (QED) is 0.783. The van der Waals surface area contributed by atoms with Crippen molar-refractivity contribution in [1.29, 1.82) is 0 Å². The molecular formula is C23H31N5O. The zero-order valence-corrected chi connectivity index (χ0v) is 17.6. The van der Waals surface area contributed by atoms with Gasteiger partial charge in [-0.25, -0.2) is 9.97 Å². The number of hydrogen-bond acceptors (Lipinski definition) is 5. The molecule has 0 spiro atoms. The maximum absolute atomic E-state index is 12.5. The minimum atomic E-state index is -0.129. The van der Waals surface area contributed by atoms with Gasteiger partial charge in [0.15, 0.2) is 0 Å². The van der Waals surface area contributed by atoms with Crippen molar-refractivity contribution in [3.63, 3.8) is 0 Å². The molecule has 154 valence electrons. The summed E-state index contributed by atoms with van der Waals surface area (Å²) in [6.45, 7) is 10.5. The van der Waals surface area contributed by atoms with E-state index in [-0.39, 0.29) is 11.9 Å². The molecule has 1 atom stereocenters. The molecular weight excluding hydrogens is 362 g/mol. The molecule has 0 radical (unpaired) electrons. The molecule has 3 rings (SSSR count). The predicted octanol–water partition coefficient (Wildman–Crippen LogP) is 3.15. The van der Waals surface area contributed by atoms with Crippen LogP contribution in [0.1, 0.15) is 42.1 Å². The van der Waals surface area contributed by atoms with Crippen LogP contribution in [0.2, 0.25) is 0 Å². The largest absolute Gasteiger partial charge is 0.354 e. The third kappa shape index (κ3) is 6.12. The van der Waals surface area contributed by atoms with E-state index in [0.29, 0.717) is 11.5 Å². The number of aryl methyl sites for hydroxylation is 1. The Morgan fingerprint density at radius 1 is 1.17 bits per heavy atom. The lowest BCUT2D eigenvalue weighted by Gasteiger charge is -2.35. The first-order chi connectivity index (χ1) is 14.0. The molecule has 1 fully saturated rings. The van der Waals surface area contributed by atoms with Crippen LogP contribution in [0.15, 0.2) is 42.5 Å². The van der Waals surface area contributed by atoms with Crippen LogP contribution in [-0.4, -0.2) is 59.5 Å². The van der Waals surface area contributed by atoms with E-state index in [2.05, 4.69) is 68.4 Å². The van der Waals surface area contributed by atoms with Gasteiger partial charge in [0, 0.05) is 44.8 Å². The van der Waals surface area contributed by atoms with Gasteiger partial charge < -0.3 is 10.2 Å². The normalized spacial score (nSPS) is 16.2. The first kappa shape index (κ1) is 21.0. The van der Waals surface area contributed by atoms with Crippen LogP contribution in [0.25, 0.3) is 6.08 Å². The van der Waals surface area contributed by atoms with Crippen LogP contribution < -0.4 is 10.2 Å². The van der Waals surface area contributed by atoms with Crippen LogP contribution in [0, 0.1) is 6.92 Å². The second-order valence-electron chi connectivity index (χ2n) is 7.54. The topological polar surface area (TPSA) is 61.4 Å². The lowest BCUT2D eigenvalue weighted by atomic mass is 10.2. The predicted molar refractivity (Wildman–Crippen MR) is 118 cm³/mol. The Balaban J connectivity index is 1.56. The van der Waals surface area contributed by atoms with E-state index in [1.54, 1.807) is 0 Å². The molecule has 1 saturated heterocycles. The van der Waals surface area contributed by atoms with Crippen molar-refractivity contribution in [1.82, 2.24) is 20.2 Å². The number of amides is 1. The van der Waals surface area contributed by atoms with E-state index in [9.17, 15) is 4.79 Å². The lowest BCUT2D eigenvalue weighted by Crippen LogP contribution is -2.46. The fourth-order valence-electron chi connectivity index (χ4n) is 3.29. The summed E-state index contributed by atoms with van der Waals surface area (Å²) in [7, 11) is 0. The molecule has 6 nitrogen and oxygen atoms in total. The molecule has 0 bridgehead atoms. The van der Waals surface area contributed by atoms with E-state index in [1.807, 2.05) is 26.0 Å². The zero-order valence-electron chi connectivity index (χ0n) is 17.6. The smallest absolute Gasteiger partial charge is 0.270 e. The van der Waals surface area contributed by atoms with Gasteiger partial charge in [0.1, 0.15) is 17.3 Å². The molecule has 1 aliphatic heterocycles. The van der Waals surface area contributed by atoms with E-state index >= 15 is 0 Å². The molecule has 6 heteroatoms. The lowest BCUT2D eigenvalue weighted by molar-refractivity contribution is 0.0934. The number of anilines is 1. The highest BCUT2D eigenvalue weighted by molar-refractivity contribution is 5.93. The highest BCUT2D eigenvalue weighted by Crippen LogP contribution is 2.16. The van der Waals surface area contributed by atoms with Gasteiger partial charge in [-0.15, -0.1) is 0 Å². The van der Waals surface area contributed by atoms with Crippen molar-refractivity contribution < 1.29 is 4.79 Å². The number of carbonyl (C=O) groups is 1. The zero-order chi connectivity index (χ0) is 20.6. The number of nitrogens with zero attached hydrogens (tertiary/aromatic N) is 4. The summed E-state index contributed by atoms with van der Waals surface area (Å²) in [6, 6.07) is 12.3. The van der Waals surface area contributed by atoms with E-state index in [4.69, 9.17) is 0 Å². The van der Waals surface area contributed by atoms with Gasteiger partial charge in [0.05, 0.1) is 0 Å². The van der Waals surface area contributed by atoms with Crippen LogP contribution in [0.5, 0.6) is 0 Å². The molecule has 1 aromatic heterocycles. The minimum Gasteiger partial charge on any atom is -0.354 e. The third-order valence-electron chi connectivity index (χ3n) is 5.22. The van der Waals surface area contributed by atoms with Gasteiger partial charge in [0.25, 0.3) is 5.91 Å². The summed E-state index contributed by atoms with van der Waals surface area (Å²) in [6.07, 6.45) is 5.28. The summed E-state index contributed by atoms with van der Waals surface area (Å²) >= 11 is 0. The van der Waals surface area contributed by atoms with Gasteiger partial charge in [-0.3, -0.25) is 9.69 Å². The average molecular weight is 394 g/mol. The molecule has 0 saturated carbocycles. The maximum atomic E-state index is 12.5. The van der Waals surface area contributed by atoms with Gasteiger partial charge in [0.2, 0.25) is 0 Å². The molecule has 1 unspecified atom stereocenters. The molecule has 1 amide bonds. The highest BCUT2D eigenvalue weighted by atomic mass is 16.1. The maximum Gasteiger partial charge on any atom is 0.270 e. The number of hydrogen-bond donors (Lipinski definition) is 1. The fraction of sp³-hybridized carbons (Fsp3) is 0.435. The Bertz CT molecular complexity index is 828. The van der Waals surface area contributed by atoms with E-state index in [0.717, 1.165) is 45.0 Å². The Morgan fingerprint density at radius 2 is 1.90 bits per heavy atom. The van der Waals surface area contributed by atoms with Crippen LogP contribution >= 0.6 is 0 Å². The standard InChI is InChI=1S/C23H31N5O/c1-4-18(2)24-23(29)21-17-22(26-19(3)25-21)28-15-13-27(14-16-28)12-8-11-20-9-6-5-7-10-20/h5-11,17-18H,4,12-16H2,1-3H3,(H,24,29)/b11-8+. The van der Waals surface area contributed by atoms with Crippen molar-refractivity contribution >= 4 is 17.8 Å². The Hall–Kier alpha value is -2.73. The molecule has 1 aliphatic rings. The van der Waals surface area contributed by atoms with Gasteiger partial charge in [-0.05, 0) is 25.8 Å². The van der Waals surface area contributed by atoms with E-state index < -0.39 is 0 Å². The van der Waals surface area contributed by atoms with Crippen molar-refractivity contribution in [3.8, 4) is 0 Å². The van der Waals surface area contributed by atoms with E-state index in [1.165, 1.54) is 5.56 Å². The second-order valence-corrected chi connectivity index (χ2v) is 7.54. The number of carbonyl (C=O) groups excluding carboxylic acids is 1. The number of benzene rings is 1. The SMILES string of the molecule is CCC(C)NC(=O)c1cc(N2CCN(C/C=C/c3ccccc3)CC2)nc(C)n1. The third-order valence-corrected chi connectivity index (χ3v) is 5.22. The van der Waals surface area contributed by atoms with Crippen LogP contribution in [0.3, 0.4) is 0 Å². The highest BCUT2D eigenvalue weighted by Gasteiger charge is 2.20. The van der Waals surface area contributed by atoms with Gasteiger partial charge in [-0.1, -0.05) is 49.4 Å². The first-order valence-corrected chi connectivity index (χ1v) is 10.4. The monoisotopic (exact) mass is 393 g/mol. The molecule has 1 N–H and O–H groups in total. The summed E-state index contributed by atoms with van der Waals surface area (Å²) in [4.78, 5) is 26.0. The van der Waals surface area contributed by atoms with Gasteiger partial charge >= 0.3 is 0 Å². The number of rotatable bonds is 7. The van der Waals surface area contributed by atoms with Crippen LogP contribution in [-0.2, 0) is 0 Å². The molecule has 2 heterocycles. The minimum absolute atomic E-state index is 0.129. The van der Waals surface area contributed by atoms with Crippen molar-refractivity contribution in [2.45, 2.75) is 33.2 Å². The van der Waals surface area contributed by atoms with Crippen molar-refractivity contribution in [2.75, 3.05) is 37.6 Å². The average Bonchev–Trinajstić information content (AvgIpc) is 2.74. The summed E-state index contributed by atoms with van der Waals surface area (Å²) in [5.41, 5.74) is 1.67. The first-order valence-electron chi connectivity index (χ1n) is 10.4. The number of piperazine rings is 1. The Morgan fingerprint density at radius 3 is 2.59 bits per heavy atom. The number of aromatic nitrogens is 2. The fourth-order valence-corrected chi connectivity index (χ4v) is 3.29. The Kier molecular flexibility index (Phi) is 7.36. The van der Waals surface area contributed by atoms with Crippen molar-refractivity contribution in [2.24, 2.45) is 0 Å². The number of nitrogens with one attached hydrogen (secondary N) is 1. The van der Waals surface area contributed by atoms with Crippen LogP contribution in [0.4, 0.5) is 5.82 Å². The van der Waals surface area contributed by atoms with Crippen molar-refractivity contribution in [3.05, 3.63) is 59.6 Å². The van der Waals surface area contributed by atoms with Gasteiger partial charge in [-0.2, -0.15) is 0 Å². The molecule has 0 aliphatic carbocycles. The Labute approximate surface area is 173 Å². The summed E-state index contributed by atoms with van der Waals surface area (Å²) < 4.78 is 0. The molecule has 1 aromatic carbocycles. The second kappa shape index (κ2) is 10.2. The summed E-state index contributed by atoms with van der Waals surface area (Å²) in [5, 5.41) is 2.98.